The Morgan fingerprint density at radius 2 is 1.87 bits per heavy atom. The van der Waals surface area contributed by atoms with Crippen molar-refractivity contribution >= 4 is 28.1 Å². The highest BCUT2D eigenvalue weighted by Crippen LogP contribution is 2.36. The molecule has 6 nitrogen and oxygen atoms in total. The minimum absolute atomic E-state index is 0.0845. The summed E-state index contributed by atoms with van der Waals surface area (Å²) in [5.74, 6) is -0.0564. The van der Waals surface area contributed by atoms with Gasteiger partial charge in [0.15, 0.2) is 16.6 Å². The Morgan fingerprint density at radius 3 is 2.61 bits per heavy atom. The van der Waals surface area contributed by atoms with Crippen molar-refractivity contribution in [2.24, 2.45) is 5.92 Å². The van der Waals surface area contributed by atoms with Crippen LogP contribution in [0.1, 0.15) is 42.5 Å². The zero-order valence-corrected chi connectivity index (χ0v) is 18.6. The van der Waals surface area contributed by atoms with Crippen LogP contribution >= 0.6 is 11.3 Å². The second-order valence-electron chi connectivity index (χ2n) is 8.11. The van der Waals surface area contributed by atoms with E-state index in [1.807, 2.05) is 13.8 Å². The fraction of sp³-hybridized carbons (Fsp3) is 0.333. The molecule has 0 spiro atoms. The third kappa shape index (κ3) is 4.82. The van der Waals surface area contributed by atoms with Gasteiger partial charge in [0.1, 0.15) is 0 Å². The Labute approximate surface area is 186 Å². The molecule has 3 aromatic rings. The molecular formula is C24H27N3O3S. The van der Waals surface area contributed by atoms with Crippen molar-refractivity contribution in [3.05, 3.63) is 53.2 Å². The average molecular weight is 438 g/mol. The maximum absolute atomic E-state index is 12.4. The lowest BCUT2D eigenvalue weighted by atomic mass is 10.1. The number of aryl methyl sites for hydroxylation is 2. The van der Waals surface area contributed by atoms with Gasteiger partial charge in [-0.1, -0.05) is 42.4 Å². The van der Waals surface area contributed by atoms with E-state index in [2.05, 4.69) is 33.8 Å². The summed E-state index contributed by atoms with van der Waals surface area (Å²) in [6.07, 6.45) is 4.19. The van der Waals surface area contributed by atoms with Gasteiger partial charge < -0.3 is 20.8 Å². The second-order valence-corrected chi connectivity index (χ2v) is 9.11. The van der Waals surface area contributed by atoms with E-state index in [9.17, 15) is 15.0 Å². The lowest BCUT2D eigenvalue weighted by molar-refractivity contribution is -0.119. The van der Waals surface area contributed by atoms with Crippen LogP contribution < -0.4 is 10.6 Å². The van der Waals surface area contributed by atoms with Gasteiger partial charge in [0.25, 0.3) is 0 Å². The third-order valence-corrected chi connectivity index (χ3v) is 6.90. The molecular weight excluding hydrogens is 410 g/mol. The summed E-state index contributed by atoms with van der Waals surface area (Å²) in [6.45, 7) is 4.51. The van der Waals surface area contributed by atoms with Gasteiger partial charge in [-0.05, 0) is 61.6 Å². The first-order valence-electron chi connectivity index (χ1n) is 10.5. The third-order valence-electron chi connectivity index (χ3n) is 5.78. The highest BCUT2D eigenvalue weighted by atomic mass is 32.1. The normalized spacial score (nSPS) is 14.0. The lowest BCUT2D eigenvalue weighted by Gasteiger charge is -2.12. The molecule has 1 heterocycles. The maximum Gasteiger partial charge on any atom is 0.229 e. The minimum Gasteiger partial charge on any atom is -0.504 e. The van der Waals surface area contributed by atoms with Crippen molar-refractivity contribution in [2.75, 3.05) is 10.6 Å². The predicted octanol–water partition coefficient (Wildman–Crippen LogP) is 5.58. The summed E-state index contributed by atoms with van der Waals surface area (Å²) in [5.41, 5.74) is 4.88. The highest BCUT2D eigenvalue weighted by Gasteiger charge is 2.24. The van der Waals surface area contributed by atoms with Gasteiger partial charge in [0.05, 0.1) is 10.6 Å². The van der Waals surface area contributed by atoms with Crippen LogP contribution in [0.5, 0.6) is 11.5 Å². The van der Waals surface area contributed by atoms with E-state index >= 15 is 0 Å². The van der Waals surface area contributed by atoms with E-state index in [0.29, 0.717) is 11.7 Å². The van der Waals surface area contributed by atoms with Gasteiger partial charge >= 0.3 is 0 Å². The SMILES string of the molecule is Cc1ccc(-c2sc(NC(=O)C3CCCC3)nc2C)cc1NCc1ccc(O)c(O)c1. The van der Waals surface area contributed by atoms with Crippen molar-refractivity contribution in [1.29, 1.82) is 0 Å². The van der Waals surface area contributed by atoms with Gasteiger partial charge in [-0.15, -0.1) is 0 Å². The first kappa shape index (κ1) is 21.2. The number of anilines is 2. The molecule has 162 valence electrons. The lowest BCUT2D eigenvalue weighted by Crippen LogP contribution is -2.20. The number of nitrogens with one attached hydrogen (secondary N) is 2. The maximum atomic E-state index is 12.4. The Bertz CT molecular complexity index is 1100. The molecule has 0 atom stereocenters. The van der Waals surface area contributed by atoms with E-state index in [-0.39, 0.29) is 23.3 Å². The Balaban J connectivity index is 1.50. The minimum atomic E-state index is -0.128. The molecule has 1 saturated carbocycles. The standard InChI is InChI=1S/C24H27N3O3S/c1-14-7-9-18(12-19(14)25-13-16-8-10-20(28)21(29)11-16)22-15(2)26-24(31-22)27-23(30)17-5-3-4-6-17/h7-12,17,25,28-29H,3-6,13H2,1-2H3,(H,26,27,30). The Morgan fingerprint density at radius 1 is 1.10 bits per heavy atom. The second kappa shape index (κ2) is 8.98. The number of aromatic hydroxyl groups is 2. The summed E-state index contributed by atoms with van der Waals surface area (Å²) in [5, 5.41) is 26.2. The van der Waals surface area contributed by atoms with Gasteiger partial charge in [-0.2, -0.15) is 0 Å². The zero-order valence-electron chi connectivity index (χ0n) is 17.7. The number of phenolic OH excluding ortho intramolecular Hbond substituents is 2. The zero-order chi connectivity index (χ0) is 22.0. The smallest absolute Gasteiger partial charge is 0.229 e. The van der Waals surface area contributed by atoms with Gasteiger partial charge in [0.2, 0.25) is 5.91 Å². The number of rotatable bonds is 6. The van der Waals surface area contributed by atoms with Crippen LogP contribution in [0.15, 0.2) is 36.4 Å². The molecule has 0 aliphatic heterocycles. The van der Waals surface area contributed by atoms with E-state index in [4.69, 9.17) is 0 Å². The highest BCUT2D eigenvalue weighted by molar-refractivity contribution is 7.19. The topological polar surface area (TPSA) is 94.5 Å². The number of hydrogen-bond donors (Lipinski definition) is 4. The molecule has 4 N–H and O–H groups in total. The van der Waals surface area contributed by atoms with Crippen LogP contribution in [0.2, 0.25) is 0 Å². The number of benzene rings is 2. The van der Waals surface area contributed by atoms with Gasteiger partial charge in [0, 0.05) is 18.2 Å². The van der Waals surface area contributed by atoms with Crippen LogP contribution in [-0.4, -0.2) is 21.1 Å². The van der Waals surface area contributed by atoms with E-state index < -0.39 is 0 Å². The summed E-state index contributed by atoms with van der Waals surface area (Å²) in [7, 11) is 0. The number of amides is 1. The number of carbonyl (C=O) groups is 1. The van der Waals surface area contributed by atoms with Crippen molar-refractivity contribution in [3.8, 4) is 21.9 Å². The molecule has 31 heavy (non-hydrogen) atoms. The summed E-state index contributed by atoms with van der Waals surface area (Å²) >= 11 is 1.50. The van der Waals surface area contributed by atoms with Crippen LogP contribution in [0.4, 0.5) is 10.8 Å². The van der Waals surface area contributed by atoms with Gasteiger partial charge in [-0.25, -0.2) is 4.98 Å². The van der Waals surface area contributed by atoms with Crippen LogP contribution in [0.3, 0.4) is 0 Å². The number of nitrogens with zero attached hydrogens (tertiary/aromatic N) is 1. The molecule has 1 aliphatic carbocycles. The predicted molar refractivity (Wildman–Crippen MR) is 125 cm³/mol. The first-order valence-corrected chi connectivity index (χ1v) is 11.4. The van der Waals surface area contributed by atoms with Crippen LogP contribution in [-0.2, 0) is 11.3 Å². The molecule has 4 rings (SSSR count). The molecule has 0 unspecified atom stereocenters. The molecule has 0 bridgehead atoms. The largest absolute Gasteiger partial charge is 0.504 e. The quantitative estimate of drug-likeness (QED) is 0.378. The average Bonchev–Trinajstić information content (AvgIpc) is 3.40. The van der Waals surface area contributed by atoms with Crippen molar-refractivity contribution in [2.45, 2.75) is 46.1 Å². The number of phenols is 2. The number of aromatic nitrogens is 1. The molecule has 1 amide bonds. The molecule has 0 saturated heterocycles. The Hall–Kier alpha value is -3.06. The van der Waals surface area contributed by atoms with Gasteiger partial charge in [-0.3, -0.25) is 4.79 Å². The fourth-order valence-corrected chi connectivity index (χ4v) is 4.91. The van der Waals surface area contributed by atoms with E-state index in [1.165, 1.54) is 17.4 Å². The van der Waals surface area contributed by atoms with E-state index in [1.54, 1.807) is 12.1 Å². The molecule has 1 fully saturated rings. The molecule has 0 radical (unpaired) electrons. The summed E-state index contributed by atoms with van der Waals surface area (Å²) < 4.78 is 0. The number of carbonyl (C=O) groups excluding carboxylic acids is 1. The van der Waals surface area contributed by atoms with Crippen molar-refractivity contribution in [3.63, 3.8) is 0 Å². The van der Waals surface area contributed by atoms with Crippen LogP contribution in [0.25, 0.3) is 10.4 Å². The first-order chi connectivity index (χ1) is 14.9. The fourth-order valence-electron chi connectivity index (χ4n) is 3.94. The van der Waals surface area contributed by atoms with Crippen molar-refractivity contribution in [1.82, 2.24) is 4.98 Å². The molecule has 1 aromatic heterocycles. The monoisotopic (exact) mass is 437 g/mol. The summed E-state index contributed by atoms with van der Waals surface area (Å²) in [6, 6.07) is 11.0. The van der Waals surface area contributed by atoms with Crippen molar-refractivity contribution < 1.29 is 15.0 Å². The molecule has 7 heteroatoms. The Kier molecular flexibility index (Phi) is 6.13. The van der Waals surface area contributed by atoms with E-state index in [0.717, 1.165) is 58.6 Å². The molecule has 1 aliphatic rings. The number of thiazole rings is 1. The van der Waals surface area contributed by atoms with Crippen LogP contribution in [0, 0.1) is 19.8 Å². The number of hydrogen-bond acceptors (Lipinski definition) is 6. The molecule has 2 aromatic carbocycles. The summed E-state index contributed by atoms with van der Waals surface area (Å²) in [4.78, 5) is 18.1.